The third-order valence-electron chi connectivity index (χ3n) is 2.18. The second-order valence-electron chi connectivity index (χ2n) is 3.65. The molecule has 0 heterocycles. The lowest BCUT2D eigenvalue weighted by atomic mass is 10.1. The maximum absolute atomic E-state index is 10.5. The van der Waals surface area contributed by atoms with E-state index >= 15 is 0 Å². The summed E-state index contributed by atoms with van der Waals surface area (Å²) in [6.45, 7) is 3.95. The molecule has 0 radical (unpaired) electrons. The Labute approximate surface area is 85.9 Å². The van der Waals surface area contributed by atoms with Crippen LogP contribution in [0.1, 0.15) is 32.6 Å². The van der Waals surface area contributed by atoms with Crippen LogP contribution in [0.3, 0.4) is 0 Å². The summed E-state index contributed by atoms with van der Waals surface area (Å²) in [4.78, 5) is 10.5. The molecule has 0 fully saturated rings. The fourth-order valence-corrected chi connectivity index (χ4v) is 1.15. The van der Waals surface area contributed by atoms with E-state index in [2.05, 4.69) is 5.32 Å². The van der Waals surface area contributed by atoms with Gasteiger partial charge in [0.1, 0.15) is 0 Å². The zero-order chi connectivity index (χ0) is 10.8. The fourth-order valence-electron chi connectivity index (χ4n) is 1.15. The van der Waals surface area contributed by atoms with Gasteiger partial charge in [0.25, 0.3) is 0 Å². The highest BCUT2D eigenvalue weighted by molar-refractivity contribution is 5.69. The molecule has 0 saturated heterocycles. The van der Waals surface area contributed by atoms with Crippen LogP contribution in [-0.4, -0.2) is 30.7 Å². The van der Waals surface area contributed by atoms with Crippen LogP contribution in [0.15, 0.2) is 0 Å². The largest absolute Gasteiger partial charge is 0.481 e. The molecule has 1 unspecified atom stereocenters. The third kappa shape index (κ3) is 8.01. The lowest BCUT2D eigenvalue weighted by Gasteiger charge is -2.07. The van der Waals surface area contributed by atoms with Crippen molar-refractivity contribution in [3.8, 4) is 0 Å². The van der Waals surface area contributed by atoms with Crippen molar-refractivity contribution in [3.05, 3.63) is 0 Å². The molecule has 4 N–H and O–H groups in total. The molecule has 0 aliphatic heterocycles. The normalized spacial score (nSPS) is 12.7. The van der Waals surface area contributed by atoms with E-state index in [1.165, 1.54) is 12.8 Å². The average Bonchev–Trinajstić information content (AvgIpc) is 2.16. The van der Waals surface area contributed by atoms with Crippen molar-refractivity contribution in [2.24, 2.45) is 11.7 Å². The molecule has 14 heavy (non-hydrogen) atoms. The number of carbonyl (C=O) groups is 1. The van der Waals surface area contributed by atoms with Crippen molar-refractivity contribution in [1.29, 1.82) is 0 Å². The molecule has 1 atom stereocenters. The zero-order valence-electron chi connectivity index (χ0n) is 8.96. The Morgan fingerprint density at radius 2 is 2.00 bits per heavy atom. The zero-order valence-corrected chi connectivity index (χ0v) is 8.96. The van der Waals surface area contributed by atoms with E-state index in [9.17, 15) is 4.79 Å². The highest BCUT2D eigenvalue weighted by atomic mass is 16.4. The Balaban J connectivity index is 3.09. The molecule has 0 spiro atoms. The molecule has 4 heteroatoms. The number of nitrogens with one attached hydrogen (secondary N) is 1. The fraction of sp³-hybridized carbons (Fsp3) is 0.900. The van der Waals surface area contributed by atoms with Crippen LogP contribution in [0, 0.1) is 5.92 Å². The quantitative estimate of drug-likeness (QED) is 0.484. The Morgan fingerprint density at radius 1 is 1.36 bits per heavy atom. The first-order valence-corrected chi connectivity index (χ1v) is 5.32. The molecule has 84 valence electrons. The van der Waals surface area contributed by atoms with Gasteiger partial charge in [-0.05, 0) is 25.9 Å². The number of hydrogen-bond acceptors (Lipinski definition) is 3. The summed E-state index contributed by atoms with van der Waals surface area (Å²) in [6.07, 6.45) is 4.54. The van der Waals surface area contributed by atoms with Crippen LogP contribution >= 0.6 is 0 Å². The van der Waals surface area contributed by atoms with Gasteiger partial charge in [0.15, 0.2) is 0 Å². The summed E-state index contributed by atoms with van der Waals surface area (Å²) in [7, 11) is 0. The van der Waals surface area contributed by atoms with Gasteiger partial charge in [-0.1, -0.05) is 19.8 Å². The van der Waals surface area contributed by atoms with Crippen LogP contribution in [0.25, 0.3) is 0 Å². The first kappa shape index (κ1) is 13.4. The number of carboxylic acids is 1. The monoisotopic (exact) mass is 202 g/mol. The van der Waals surface area contributed by atoms with Crippen LogP contribution < -0.4 is 11.1 Å². The van der Waals surface area contributed by atoms with Crippen LogP contribution in [0.5, 0.6) is 0 Å². The predicted molar refractivity (Wildman–Crippen MR) is 57.2 cm³/mol. The highest BCUT2D eigenvalue weighted by Crippen LogP contribution is 1.97. The predicted octanol–water partition coefficient (Wildman–Crippen LogP) is 0.816. The standard InChI is InChI=1S/C10H22N2O2/c1-9(10(13)14)8-12-7-5-3-2-4-6-11/h9,12H,2-8,11H2,1H3,(H,13,14). The minimum absolute atomic E-state index is 0.293. The van der Waals surface area contributed by atoms with E-state index in [4.69, 9.17) is 10.8 Å². The first-order valence-electron chi connectivity index (χ1n) is 5.32. The van der Waals surface area contributed by atoms with E-state index in [0.717, 1.165) is 25.9 Å². The summed E-state index contributed by atoms with van der Waals surface area (Å²) in [5.74, 6) is -1.03. The van der Waals surface area contributed by atoms with Gasteiger partial charge in [-0.25, -0.2) is 0 Å². The van der Waals surface area contributed by atoms with Crippen LogP contribution in [0.2, 0.25) is 0 Å². The van der Waals surface area contributed by atoms with E-state index in [-0.39, 0.29) is 5.92 Å². The molecule has 0 aromatic carbocycles. The Bertz CT molecular complexity index is 151. The molecule has 0 rings (SSSR count). The molecule has 0 aromatic rings. The van der Waals surface area contributed by atoms with Crippen LogP contribution in [0.4, 0.5) is 0 Å². The lowest BCUT2D eigenvalue weighted by molar-refractivity contribution is -0.140. The van der Waals surface area contributed by atoms with Gasteiger partial charge in [-0.2, -0.15) is 0 Å². The molecule has 0 bridgehead atoms. The summed E-state index contributed by atoms with van der Waals surface area (Å²) < 4.78 is 0. The van der Waals surface area contributed by atoms with E-state index in [1.807, 2.05) is 0 Å². The molecular weight excluding hydrogens is 180 g/mol. The Morgan fingerprint density at radius 3 is 2.57 bits per heavy atom. The molecule has 0 aliphatic carbocycles. The van der Waals surface area contributed by atoms with Crippen molar-refractivity contribution >= 4 is 5.97 Å². The molecule has 4 nitrogen and oxygen atoms in total. The van der Waals surface area contributed by atoms with Gasteiger partial charge in [-0.3, -0.25) is 4.79 Å². The minimum Gasteiger partial charge on any atom is -0.481 e. The highest BCUT2D eigenvalue weighted by Gasteiger charge is 2.08. The lowest BCUT2D eigenvalue weighted by Crippen LogP contribution is -2.27. The smallest absolute Gasteiger partial charge is 0.307 e. The van der Waals surface area contributed by atoms with Gasteiger partial charge >= 0.3 is 5.97 Å². The topological polar surface area (TPSA) is 75.3 Å². The summed E-state index contributed by atoms with van der Waals surface area (Å²) in [5, 5.41) is 11.7. The van der Waals surface area contributed by atoms with E-state index in [1.54, 1.807) is 6.92 Å². The SMILES string of the molecule is CC(CNCCCCCCN)C(=O)O. The van der Waals surface area contributed by atoms with Crippen LogP contribution in [-0.2, 0) is 4.79 Å². The maximum atomic E-state index is 10.5. The molecule has 0 amide bonds. The molecule has 0 aliphatic rings. The number of nitrogens with two attached hydrogens (primary N) is 1. The van der Waals surface area contributed by atoms with Crippen molar-refractivity contribution < 1.29 is 9.90 Å². The molecule has 0 saturated carbocycles. The number of hydrogen-bond donors (Lipinski definition) is 3. The molecular formula is C10H22N2O2. The van der Waals surface area contributed by atoms with Gasteiger partial charge < -0.3 is 16.2 Å². The Hall–Kier alpha value is -0.610. The average molecular weight is 202 g/mol. The second-order valence-corrected chi connectivity index (χ2v) is 3.65. The van der Waals surface area contributed by atoms with Gasteiger partial charge in [0.2, 0.25) is 0 Å². The van der Waals surface area contributed by atoms with Crippen molar-refractivity contribution in [3.63, 3.8) is 0 Å². The molecule has 0 aromatic heterocycles. The maximum Gasteiger partial charge on any atom is 0.307 e. The van der Waals surface area contributed by atoms with Crippen molar-refractivity contribution in [2.45, 2.75) is 32.6 Å². The minimum atomic E-state index is -0.736. The number of aliphatic carboxylic acids is 1. The second kappa shape index (κ2) is 8.97. The van der Waals surface area contributed by atoms with E-state index < -0.39 is 5.97 Å². The van der Waals surface area contributed by atoms with Gasteiger partial charge in [0, 0.05) is 6.54 Å². The third-order valence-corrected chi connectivity index (χ3v) is 2.18. The van der Waals surface area contributed by atoms with Gasteiger partial charge in [0.05, 0.1) is 5.92 Å². The summed E-state index contributed by atoms with van der Waals surface area (Å²) >= 11 is 0. The Kier molecular flexibility index (Phi) is 8.57. The summed E-state index contributed by atoms with van der Waals surface area (Å²) in [5.41, 5.74) is 5.36. The number of unbranched alkanes of at least 4 members (excludes halogenated alkanes) is 3. The van der Waals surface area contributed by atoms with Gasteiger partial charge in [-0.15, -0.1) is 0 Å². The number of rotatable bonds is 9. The van der Waals surface area contributed by atoms with E-state index in [0.29, 0.717) is 6.54 Å². The van der Waals surface area contributed by atoms with Crippen molar-refractivity contribution in [2.75, 3.05) is 19.6 Å². The first-order chi connectivity index (χ1) is 6.68. The number of carboxylic acid groups (broad SMARTS) is 1. The summed E-state index contributed by atoms with van der Waals surface area (Å²) in [6, 6.07) is 0. The van der Waals surface area contributed by atoms with Crippen molar-refractivity contribution in [1.82, 2.24) is 5.32 Å².